The maximum absolute atomic E-state index is 13.9. The lowest BCUT2D eigenvalue weighted by molar-refractivity contribution is -0.118. The van der Waals surface area contributed by atoms with Gasteiger partial charge in [-0.05, 0) is 47.9 Å². The minimum absolute atomic E-state index is 0.317. The predicted molar refractivity (Wildman–Crippen MR) is 118 cm³/mol. The summed E-state index contributed by atoms with van der Waals surface area (Å²) >= 11 is 0. The lowest BCUT2D eigenvalue weighted by Crippen LogP contribution is -2.47. The van der Waals surface area contributed by atoms with Gasteiger partial charge >= 0.3 is 0 Å². The number of carbonyl (C=O) groups excluding carboxylic acids is 2. The number of benzene rings is 3. The van der Waals surface area contributed by atoms with Gasteiger partial charge in [0.05, 0.1) is 0 Å². The second-order valence-electron chi connectivity index (χ2n) is 7.58. The van der Waals surface area contributed by atoms with Crippen molar-refractivity contribution >= 4 is 17.5 Å². The molecule has 0 saturated carbocycles. The molecule has 2 amide bonds. The van der Waals surface area contributed by atoms with E-state index in [4.69, 9.17) is 4.74 Å². The number of hydrogen-bond donors (Lipinski definition) is 2. The zero-order chi connectivity index (χ0) is 23.1. The summed E-state index contributed by atoms with van der Waals surface area (Å²) in [6.45, 7) is 3.87. The van der Waals surface area contributed by atoms with Gasteiger partial charge in [-0.25, -0.2) is 8.78 Å². The Morgan fingerprint density at radius 3 is 2.09 bits per heavy atom. The van der Waals surface area contributed by atoms with Gasteiger partial charge in [0.25, 0.3) is 5.91 Å². The Hall–Kier alpha value is -3.74. The summed E-state index contributed by atoms with van der Waals surface area (Å²) in [7, 11) is 0. The van der Waals surface area contributed by atoms with E-state index in [1.54, 1.807) is 38.1 Å². The summed E-state index contributed by atoms with van der Waals surface area (Å²) < 4.78 is 33.5. The monoisotopic (exact) mass is 438 g/mol. The number of halogens is 2. The molecule has 3 rings (SSSR count). The Morgan fingerprint density at radius 2 is 1.50 bits per heavy atom. The quantitative estimate of drug-likeness (QED) is 0.524. The first-order valence-corrected chi connectivity index (χ1v) is 10.2. The van der Waals surface area contributed by atoms with Crippen molar-refractivity contribution in [3.05, 3.63) is 95.6 Å². The zero-order valence-electron chi connectivity index (χ0n) is 17.8. The number of hydrogen-bond acceptors (Lipinski definition) is 3. The molecule has 0 aliphatic heterocycles. The third kappa shape index (κ3) is 5.91. The van der Waals surface area contributed by atoms with Crippen molar-refractivity contribution in [1.29, 1.82) is 0 Å². The molecule has 166 valence electrons. The van der Waals surface area contributed by atoms with Crippen LogP contribution in [0.2, 0.25) is 0 Å². The highest BCUT2D eigenvalue weighted by Crippen LogP contribution is 2.18. The van der Waals surface area contributed by atoms with E-state index in [9.17, 15) is 18.4 Å². The van der Waals surface area contributed by atoms with Crippen LogP contribution >= 0.6 is 0 Å². The van der Waals surface area contributed by atoms with Crippen LogP contribution in [-0.4, -0.2) is 17.9 Å². The molecular formula is C25H24F2N2O3. The molecule has 0 spiro atoms. The number of rotatable bonds is 8. The van der Waals surface area contributed by atoms with Crippen molar-refractivity contribution in [3.63, 3.8) is 0 Å². The number of anilines is 1. The SMILES string of the molecule is CC(C)[C@H](NC(=O)c1c(F)cccc1F)C(=O)Nc1ccc(OCc2ccccc2)cc1. The van der Waals surface area contributed by atoms with Crippen molar-refractivity contribution in [2.24, 2.45) is 5.92 Å². The maximum Gasteiger partial charge on any atom is 0.257 e. The van der Waals surface area contributed by atoms with E-state index < -0.39 is 35.1 Å². The molecule has 0 fully saturated rings. The molecule has 0 aliphatic carbocycles. The average molecular weight is 438 g/mol. The molecular weight excluding hydrogens is 414 g/mol. The third-order valence-corrected chi connectivity index (χ3v) is 4.80. The molecule has 32 heavy (non-hydrogen) atoms. The van der Waals surface area contributed by atoms with Crippen molar-refractivity contribution in [2.75, 3.05) is 5.32 Å². The van der Waals surface area contributed by atoms with E-state index in [1.807, 2.05) is 30.3 Å². The largest absolute Gasteiger partial charge is 0.489 e. The van der Waals surface area contributed by atoms with Crippen LogP contribution in [-0.2, 0) is 11.4 Å². The second kappa shape index (κ2) is 10.5. The number of nitrogens with one attached hydrogen (secondary N) is 2. The van der Waals surface area contributed by atoms with Gasteiger partial charge in [0.1, 0.15) is 35.6 Å². The lowest BCUT2D eigenvalue weighted by atomic mass is 10.0. The van der Waals surface area contributed by atoms with Crippen molar-refractivity contribution in [3.8, 4) is 5.75 Å². The minimum atomic E-state index is -0.990. The van der Waals surface area contributed by atoms with Crippen LogP contribution in [0.1, 0.15) is 29.8 Å². The maximum atomic E-state index is 13.9. The molecule has 7 heteroatoms. The molecule has 0 unspecified atom stereocenters. The third-order valence-electron chi connectivity index (χ3n) is 4.80. The number of carbonyl (C=O) groups is 2. The molecule has 5 nitrogen and oxygen atoms in total. The first kappa shape index (κ1) is 22.9. The zero-order valence-corrected chi connectivity index (χ0v) is 17.8. The normalized spacial score (nSPS) is 11.7. The Kier molecular flexibility index (Phi) is 7.54. The summed E-state index contributed by atoms with van der Waals surface area (Å²) in [4.78, 5) is 25.1. The molecule has 0 heterocycles. The molecule has 3 aromatic carbocycles. The van der Waals surface area contributed by atoms with E-state index in [-0.39, 0.29) is 5.92 Å². The fourth-order valence-corrected chi connectivity index (χ4v) is 3.06. The highest BCUT2D eigenvalue weighted by Gasteiger charge is 2.27. The van der Waals surface area contributed by atoms with Gasteiger partial charge < -0.3 is 15.4 Å². The van der Waals surface area contributed by atoms with Gasteiger partial charge in [-0.2, -0.15) is 0 Å². The molecule has 3 aromatic rings. The van der Waals surface area contributed by atoms with Gasteiger partial charge in [-0.15, -0.1) is 0 Å². The molecule has 0 saturated heterocycles. The highest BCUT2D eigenvalue weighted by atomic mass is 19.1. The van der Waals surface area contributed by atoms with E-state index in [2.05, 4.69) is 10.6 Å². The fraction of sp³-hybridized carbons (Fsp3) is 0.200. The molecule has 0 aromatic heterocycles. The second-order valence-corrected chi connectivity index (χ2v) is 7.58. The van der Waals surface area contributed by atoms with Crippen LogP contribution in [0.4, 0.5) is 14.5 Å². The summed E-state index contributed by atoms with van der Waals surface area (Å²) in [5.41, 5.74) is 0.816. The molecule has 0 bridgehead atoms. The van der Waals surface area contributed by atoms with Crippen molar-refractivity contribution < 1.29 is 23.1 Å². The Bertz CT molecular complexity index is 1050. The minimum Gasteiger partial charge on any atom is -0.489 e. The number of ether oxygens (including phenoxy) is 1. The van der Waals surface area contributed by atoms with Gasteiger partial charge in [0.15, 0.2) is 0 Å². The van der Waals surface area contributed by atoms with Crippen LogP contribution in [0.3, 0.4) is 0 Å². The van der Waals surface area contributed by atoms with Crippen LogP contribution in [0.5, 0.6) is 5.75 Å². The van der Waals surface area contributed by atoms with Crippen LogP contribution in [0.25, 0.3) is 0 Å². The topological polar surface area (TPSA) is 67.4 Å². The fourth-order valence-electron chi connectivity index (χ4n) is 3.06. The number of amides is 2. The van der Waals surface area contributed by atoms with Crippen LogP contribution < -0.4 is 15.4 Å². The summed E-state index contributed by atoms with van der Waals surface area (Å²) in [5, 5.41) is 5.14. The van der Waals surface area contributed by atoms with E-state index in [0.717, 1.165) is 17.7 Å². The van der Waals surface area contributed by atoms with E-state index >= 15 is 0 Å². The van der Waals surface area contributed by atoms with E-state index in [0.29, 0.717) is 18.0 Å². The summed E-state index contributed by atoms with van der Waals surface area (Å²) in [5.74, 6) is -3.15. The molecule has 0 aliphatic rings. The van der Waals surface area contributed by atoms with Crippen molar-refractivity contribution in [2.45, 2.75) is 26.5 Å². The first-order valence-electron chi connectivity index (χ1n) is 10.2. The van der Waals surface area contributed by atoms with Crippen molar-refractivity contribution in [1.82, 2.24) is 5.32 Å². The highest BCUT2D eigenvalue weighted by molar-refractivity contribution is 6.01. The molecule has 0 radical (unpaired) electrons. The van der Waals surface area contributed by atoms with Gasteiger partial charge in [-0.1, -0.05) is 50.2 Å². The molecule has 2 N–H and O–H groups in total. The first-order chi connectivity index (χ1) is 15.3. The smallest absolute Gasteiger partial charge is 0.257 e. The lowest BCUT2D eigenvalue weighted by Gasteiger charge is -2.22. The van der Waals surface area contributed by atoms with Gasteiger partial charge in [0.2, 0.25) is 5.91 Å². The molecule has 1 atom stereocenters. The van der Waals surface area contributed by atoms with E-state index in [1.165, 1.54) is 6.07 Å². The predicted octanol–water partition coefficient (Wildman–Crippen LogP) is 4.94. The average Bonchev–Trinajstić information content (AvgIpc) is 2.77. The Morgan fingerprint density at radius 1 is 0.875 bits per heavy atom. The summed E-state index contributed by atoms with van der Waals surface area (Å²) in [6.07, 6.45) is 0. The standard InChI is InChI=1S/C25H24F2N2O3/c1-16(2)23(29-24(30)22-20(26)9-6-10-21(22)27)25(31)28-18-11-13-19(14-12-18)32-15-17-7-4-3-5-8-17/h3-14,16,23H,15H2,1-2H3,(H,28,31)(H,29,30)/t23-/m0/s1. The Balaban J connectivity index is 1.62. The van der Waals surface area contributed by atoms with Gasteiger partial charge in [-0.3, -0.25) is 9.59 Å². The van der Waals surface area contributed by atoms with Gasteiger partial charge in [0, 0.05) is 5.69 Å². The van der Waals surface area contributed by atoms with Crippen LogP contribution in [0, 0.1) is 17.6 Å². The summed E-state index contributed by atoms with van der Waals surface area (Å²) in [6, 6.07) is 18.7. The Labute approximate surface area is 185 Å². The van der Waals surface area contributed by atoms with Crippen LogP contribution in [0.15, 0.2) is 72.8 Å².